The van der Waals surface area contributed by atoms with Gasteiger partial charge in [0.1, 0.15) is 21.9 Å². The number of imide groups is 1. The number of amides is 2. The number of aryl methyl sites for hydroxylation is 1. The van der Waals surface area contributed by atoms with Crippen LogP contribution in [0.25, 0.3) is 22.5 Å². The van der Waals surface area contributed by atoms with Crippen molar-refractivity contribution in [2.24, 2.45) is 0 Å². The maximum atomic E-state index is 13.8. The summed E-state index contributed by atoms with van der Waals surface area (Å²) < 4.78 is 18.0. The maximum absolute atomic E-state index is 13.8. The van der Waals surface area contributed by atoms with Crippen LogP contribution in [0.3, 0.4) is 0 Å². The number of nitrogens with one attached hydrogen (secondary N) is 1. The molecule has 1 aliphatic rings. The third-order valence-corrected chi connectivity index (χ3v) is 8.25. The number of H-pyrrole nitrogens is 1. The molecule has 13 heteroatoms. The number of esters is 1. The number of ether oxygens (including phenoxy) is 3. The number of thiophene rings is 1. The van der Waals surface area contributed by atoms with Gasteiger partial charge in [-0.25, -0.2) is 19.4 Å². The summed E-state index contributed by atoms with van der Waals surface area (Å²) in [6.45, 7) is 12.2. The Bertz CT molecular complexity index is 1870. The van der Waals surface area contributed by atoms with Crippen molar-refractivity contribution in [2.75, 3.05) is 11.5 Å². The van der Waals surface area contributed by atoms with Gasteiger partial charge in [0.2, 0.25) is 0 Å². The second kappa shape index (κ2) is 13.0. The number of pyridine rings is 1. The third kappa shape index (κ3) is 7.60. The number of hydrogen-bond acceptors (Lipinski definition) is 9. The van der Waals surface area contributed by atoms with Crippen LogP contribution in [-0.2, 0) is 20.6 Å². The number of carbonyl (C=O) groups excluding carboxylic acids is 3. The zero-order valence-corrected chi connectivity index (χ0v) is 28.9. The van der Waals surface area contributed by atoms with Crippen LogP contribution in [0, 0.1) is 0 Å². The number of aromatic nitrogens is 3. The first kappa shape index (κ1) is 33.9. The number of fused-ring (bicyclic) bond motifs is 1. The average Bonchev–Trinajstić information content (AvgIpc) is 3.71. The average molecular weight is 681 g/mol. The Labute approximate surface area is 281 Å². The number of aromatic amines is 1. The molecule has 1 aromatic carbocycles. The molecule has 0 saturated carbocycles. The summed E-state index contributed by atoms with van der Waals surface area (Å²) in [4.78, 5) is 61.9. The number of hydrogen-bond donors (Lipinski definition) is 1. The molecule has 3 aromatic heterocycles. The van der Waals surface area contributed by atoms with Crippen molar-refractivity contribution in [3.8, 4) is 22.5 Å². The number of imidazole rings is 1. The first-order chi connectivity index (χ1) is 22.0. The second-order valence-electron chi connectivity index (χ2n) is 13.1. The SMILES string of the molecule is CCOC(=O)c1cc(-c2ncc(C3CCc4cc(-c5cc(Cl)ccc5N(C(=O)OC(C)(C)C)C(=O)OC(C)(C)C)cc(=O)n43)[nH]2)cs1. The molecule has 0 bridgehead atoms. The number of anilines is 1. The predicted octanol–water partition coefficient (Wildman–Crippen LogP) is 8.01. The standard InChI is InChI=1S/C34H37ClN4O7S/c1-8-44-30(41)27-14-20(18-47-27)29-36-17-24(37-29)26-12-10-22-13-19(15-28(40)38(22)26)23-16-21(35)9-11-25(23)39(31(42)45-33(2,3)4)32(43)46-34(5,6)7/h9,11,13-18,26H,8,10,12H2,1-7H3,(H,36,37). The Morgan fingerprint density at radius 3 is 2.34 bits per heavy atom. The fraction of sp³-hybridized carbons (Fsp3) is 0.382. The first-order valence-electron chi connectivity index (χ1n) is 15.2. The number of carbonyl (C=O) groups is 3. The van der Waals surface area contributed by atoms with Gasteiger partial charge in [-0.05, 0) is 97.2 Å². The van der Waals surface area contributed by atoms with E-state index in [-0.39, 0.29) is 23.3 Å². The minimum atomic E-state index is -0.927. The Kier molecular flexibility index (Phi) is 9.38. The van der Waals surface area contributed by atoms with E-state index in [0.717, 1.165) is 21.9 Å². The Hall–Kier alpha value is -4.42. The zero-order valence-electron chi connectivity index (χ0n) is 27.3. The van der Waals surface area contributed by atoms with Crippen LogP contribution in [0.5, 0.6) is 0 Å². The summed E-state index contributed by atoms with van der Waals surface area (Å²) in [7, 11) is 0. The van der Waals surface area contributed by atoms with Crippen molar-refractivity contribution in [2.45, 2.75) is 78.6 Å². The first-order valence-corrected chi connectivity index (χ1v) is 16.4. The minimum absolute atomic E-state index is 0.160. The number of rotatable bonds is 6. The zero-order chi connectivity index (χ0) is 34.3. The van der Waals surface area contributed by atoms with Crippen LogP contribution in [-0.4, -0.2) is 50.5 Å². The van der Waals surface area contributed by atoms with Crippen molar-refractivity contribution >= 4 is 46.8 Å². The van der Waals surface area contributed by atoms with Crippen molar-refractivity contribution in [3.05, 3.63) is 79.6 Å². The highest BCUT2D eigenvalue weighted by molar-refractivity contribution is 7.12. The van der Waals surface area contributed by atoms with Crippen LogP contribution < -0.4 is 10.5 Å². The number of nitrogens with zero attached hydrogens (tertiary/aromatic N) is 3. The topological polar surface area (TPSA) is 133 Å². The van der Waals surface area contributed by atoms with Crippen molar-refractivity contribution in [1.82, 2.24) is 14.5 Å². The summed E-state index contributed by atoms with van der Waals surface area (Å²) >= 11 is 7.70. The lowest BCUT2D eigenvalue weighted by molar-refractivity contribution is 0.0429. The molecule has 1 aliphatic heterocycles. The molecule has 2 amide bonds. The highest BCUT2D eigenvalue weighted by Crippen LogP contribution is 2.38. The molecule has 5 rings (SSSR count). The van der Waals surface area contributed by atoms with E-state index in [2.05, 4.69) is 9.97 Å². The summed E-state index contributed by atoms with van der Waals surface area (Å²) in [5.41, 5.74) is 1.22. The largest absolute Gasteiger partial charge is 0.462 e. The van der Waals surface area contributed by atoms with E-state index in [4.69, 9.17) is 25.8 Å². The van der Waals surface area contributed by atoms with Gasteiger partial charge in [0.15, 0.2) is 0 Å². The van der Waals surface area contributed by atoms with Gasteiger partial charge in [-0.2, -0.15) is 4.90 Å². The molecule has 1 N–H and O–H groups in total. The summed E-state index contributed by atoms with van der Waals surface area (Å²) in [6, 6.07) is 9.44. The predicted molar refractivity (Wildman–Crippen MR) is 180 cm³/mol. The van der Waals surface area contributed by atoms with Gasteiger partial charge < -0.3 is 23.8 Å². The van der Waals surface area contributed by atoms with Crippen LogP contribution in [0.2, 0.25) is 5.02 Å². The second-order valence-corrected chi connectivity index (χ2v) is 14.4. The van der Waals surface area contributed by atoms with Gasteiger partial charge in [0.25, 0.3) is 5.56 Å². The van der Waals surface area contributed by atoms with E-state index in [1.807, 2.05) is 11.4 Å². The number of halogens is 1. The van der Waals surface area contributed by atoms with Gasteiger partial charge in [0.05, 0.1) is 30.2 Å². The van der Waals surface area contributed by atoms with E-state index in [1.165, 1.54) is 23.5 Å². The Balaban J connectivity index is 1.51. The van der Waals surface area contributed by atoms with Gasteiger partial charge in [-0.3, -0.25) is 4.79 Å². The maximum Gasteiger partial charge on any atom is 0.424 e. The van der Waals surface area contributed by atoms with Gasteiger partial charge >= 0.3 is 18.2 Å². The summed E-state index contributed by atoms with van der Waals surface area (Å²) in [5, 5.41) is 2.18. The Morgan fingerprint density at radius 1 is 1.02 bits per heavy atom. The lowest BCUT2D eigenvalue weighted by Crippen LogP contribution is -2.44. The molecule has 11 nitrogen and oxygen atoms in total. The van der Waals surface area contributed by atoms with E-state index in [0.29, 0.717) is 46.3 Å². The highest BCUT2D eigenvalue weighted by atomic mass is 35.5. The number of benzene rings is 1. The molecular formula is C34H37ClN4O7S. The minimum Gasteiger partial charge on any atom is -0.462 e. The Morgan fingerprint density at radius 2 is 1.70 bits per heavy atom. The monoisotopic (exact) mass is 680 g/mol. The molecule has 1 unspecified atom stereocenters. The van der Waals surface area contributed by atoms with Gasteiger partial charge in [-0.15, -0.1) is 11.3 Å². The van der Waals surface area contributed by atoms with E-state index >= 15 is 0 Å². The molecule has 0 spiro atoms. The molecule has 1 atom stereocenters. The lowest BCUT2D eigenvalue weighted by atomic mass is 10.0. The van der Waals surface area contributed by atoms with Crippen molar-refractivity contribution in [3.63, 3.8) is 0 Å². The van der Waals surface area contributed by atoms with E-state index < -0.39 is 23.4 Å². The van der Waals surface area contributed by atoms with Gasteiger partial charge in [-0.1, -0.05) is 11.6 Å². The quantitative estimate of drug-likeness (QED) is 0.160. The van der Waals surface area contributed by atoms with Crippen molar-refractivity contribution in [1.29, 1.82) is 0 Å². The molecule has 4 heterocycles. The molecule has 0 aliphatic carbocycles. The van der Waals surface area contributed by atoms with E-state index in [1.54, 1.807) is 77.4 Å². The smallest absolute Gasteiger partial charge is 0.424 e. The summed E-state index contributed by atoms with van der Waals surface area (Å²) in [6.07, 6.45) is 1.08. The fourth-order valence-corrected chi connectivity index (χ4v) is 6.24. The molecule has 0 radical (unpaired) electrons. The van der Waals surface area contributed by atoms with Crippen molar-refractivity contribution < 1.29 is 28.6 Å². The molecule has 0 saturated heterocycles. The van der Waals surface area contributed by atoms with Crippen LogP contribution in [0.1, 0.15) is 82.0 Å². The molecular weight excluding hydrogens is 644 g/mol. The van der Waals surface area contributed by atoms with E-state index in [9.17, 15) is 19.2 Å². The molecule has 4 aromatic rings. The molecule has 0 fully saturated rings. The normalized spacial score (nSPS) is 14.4. The summed E-state index contributed by atoms with van der Waals surface area (Å²) in [5.74, 6) is 0.198. The highest BCUT2D eigenvalue weighted by Gasteiger charge is 2.35. The molecule has 47 heavy (non-hydrogen) atoms. The van der Waals surface area contributed by atoms with Crippen LogP contribution >= 0.6 is 22.9 Å². The third-order valence-electron chi connectivity index (χ3n) is 7.10. The molecule has 248 valence electrons. The van der Waals surface area contributed by atoms with Crippen LogP contribution in [0.4, 0.5) is 15.3 Å². The van der Waals surface area contributed by atoms with Crippen LogP contribution in [0.15, 0.2) is 52.8 Å². The van der Waals surface area contributed by atoms with Gasteiger partial charge in [0, 0.05) is 33.3 Å². The lowest BCUT2D eigenvalue weighted by Gasteiger charge is -2.29. The fourth-order valence-electron chi connectivity index (χ4n) is 5.29.